The number of hydrogen-bond donors (Lipinski definition) is 1. The zero-order chi connectivity index (χ0) is 12.5. The van der Waals surface area contributed by atoms with Gasteiger partial charge in [-0.1, -0.05) is 4.89 Å². The summed E-state index contributed by atoms with van der Waals surface area (Å²) in [5.74, 6) is 0. The zero-order valence-electron chi connectivity index (χ0n) is 8.92. The summed E-state index contributed by atoms with van der Waals surface area (Å²) in [5, 5.41) is 0. The minimum atomic E-state index is -4.07. The van der Waals surface area contributed by atoms with Gasteiger partial charge in [0.05, 0.1) is 7.11 Å². The van der Waals surface area contributed by atoms with Gasteiger partial charge in [0.25, 0.3) is 15.6 Å². The average Bonchev–Trinajstić information content (AvgIpc) is 2.20. The first-order valence-electron chi connectivity index (χ1n) is 4.12. The molecule has 0 aliphatic carbocycles. The maximum absolute atomic E-state index is 11.5. The van der Waals surface area contributed by atoms with Crippen molar-refractivity contribution in [3.05, 3.63) is 27.0 Å². The van der Waals surface area contributed by atoms with Gasteiger partial charge in [0.1, 0.15) is 0 Å². The van der Waals surface area contributed by atoms with Crippen molar-refractivity contribution in [2.45, 2.75) is 4.90 Å². The second-order valence-electron chi connectivity index (χ2n) is 3.04. The minimum Gasteiger partial charge on any atom is -0.302 e. The number of aryl methyl sites for hydroxylation is 1. The molecule has 0 aliphatic heterocycles. The lowest BCUT2D eigenvalue weighted by Gasteiger charge is -2.07. The van der Waals surface area contributed by atoms with Crippen LogP contribution in [0.2, 0.25) is 0 Å². The van der Waals surface area contributed by atoms with E-state index in [9.17, 15) is 18.0 Å². The zero-order valence-corrected chi connectivity index (χ0v) is 9.74. The normalized spacial score (nSPS) is 11.7. The average molecular weight is 249 g/mol. The molecule has 0 aliphatic rings. The fourth-order valence-corrected chi connectivity index (χ4v) is 2.09. The van der Waals surface area contributed by atoms with Crippen LogP contribution in [0.5, 0.6) is 0 Å². The van der Waals surface area contributed by atoms with Crippen molar-refractivity contribution >= 4 is 10.0 Å². The Kier molecular flexibility index (Phi) is 3.31. The van der Waals surface area contributed by atoms with Crippen molar-refractivity contribution in [2.75, 3.05) is 7.11 Å². The lowest BCUT2D eigenvalue weighted by molar-refractivity contribution is 0.153. The van der Waals surface area contributed by atoms with E-state index < -0.39 is 26.2 Å². The molecule has 0 bridgehead atoms. The summed E-state index contributed by atoms with van der Waals surface area (Å²) < 4.78 is 24.7. The van der Waals surface area contributed by atoms with Crippen LogP contribution < -0.4 is 16.1 Å². The molecule has 0 fully saturated rings. The molecule has 0 atom stereocenters. The van der Waals surface area contributed by atoms with E-state index in [2.05, 4.69) is 4.84 Å². The molecule has 0 saturated carbocycles. The third-order valence-corrected chi connectivity index (χ3v) is 3.14. The van der Waals surface area contributed by atoms with Crippen LogP contribution in [-0.2, 0) is 29.0 Å². The molecule has 8 nitrogen and oxygen atoms in total. The van der Waals surface area contributed by atoms with Crippen LogP contribution in [0.4, 0.5) is 0 Å². The molecule has 1 rings (SSSR count). The highest BCUT2D eigenvalue weighted by Crippen LogP contribution is 1.98. The molecule has 90 valence electrons. The summed E-state index contributed by atoms with van der Waals surface area (Å²) in [4.78, 5) is 28.2. The lowest BCUT2D eigenvalue weighted by Crippen LogP contribution is -2.41. The molecular formula is C7H11N3O5S. The van der Waals surface area contributed by atoms with Crippen molar-refractivity contribution < 1.29 is 13.3 Å². The lowest BCUT2D eigenvalue weighted by atomic mass is 10.6. The molecule has 0 spiro atoms. The van der Waals surface area contributed by atoms with Crippen molar-refractivity contribution in [3.63, 3.8) is 0 Å². The first-order chi connectivity index (χ1) is 7.31. The minimum absolute atomic E-state index is 0.557. The Balaban J connectivity index is 3.62. The highest BCUT2D eigenvalue weighted by atomic mass is 32.2. The second-order valence-corrected chi connectivity index (χ2v) is 4.66. The third-order valence-electron chi connectivity index (χ3n) is 1.90. The number of nitrogens with zero attached hydrogens (tertiary/aromatic N) is 2. The van der Waals surface area contributed by atoms with Crippen LogP contribution in [0.3, 0.4) is 0 Å². The molecule has 1 aromatic rings. The smallest absolute Gasteiger partial charge is 0.302 e. The largest absolute Gasteiger partial charge is 0.330 e. The number of rotatable bonds is 3. The number of sulfonamides is 1. The Morgan fingerprint density at radius 1 is 1.31 bits per heavy atom. The number of aromatic nitrogens is 2. The maximum atomic E-state index is 11.5. The van der Waals surface area contributed by atoms with Crippen LogP contribution in [0.15, 0.2) is 20.7 Å². The fraction of sp³-hybridized carbons (Fsp3) is 0.429. The first-order valence-corrected chi connectivity index (χ1v) is 5.61. The molecule has 9 heteroatoms. The highest BCUT2D eigenvalue weighted by molar-refractivity contribution is 7.89. The Labute approximate surface area is 91.1 Å². The van der Waals surface area contributed by atoms with E-state index in [1.165, 1.54) is 14.1 Å². The number of hydrogen-bond acceptors (Lipinski definition) is 5. The SMILES string of the molecule is CONS(=O)(=O)c1cn(C)c(=O)n(C)c1=O. The topological polar surface area (TPSA) is 99.4 Å². The summed E-state index contributed by atoms with van der Waals surface area (Å²) in [6.07, 6.45) is 0.937. The van der Waals surface area contributed by atoms with E-state index in [-0.39, 0.29) is 0 Å². The summed E-state index contributed by atoms with van der Waals surface area (Å²) in [6.45, 7) is 0. The van der Waals surface area contributed by atoms with Gasteiger partial charge in [-0.05, 0) is 0 Å². The van der Waals surface area contributed by atoms with Crippen LogP contribution in [0.25, 0.3) is 0 Å². The Morgan fingerprint density at radius 2 is 1.88 bits per heavy atom. The molecule has 0 radical (unpaired) electrons. The standard InChI is InChI=1S/C7H11N3O5S/c1-9-4-5(16(13,14)8-15-3)6(11)10(2)7(9)12/h4,8H,1-3H3. The van der Waals surface area contributed by atoms with Gasteiger partial charge in [-0.2, -0.15) is 0 Å². The molecule has 1 N–H and O–H groups in total. The van der Waals surface area contributed by atoms with Crippen molar-refractivity contribution in [1.82, 2.24) is 14.0 Å². The van der Waals surface area contributed by atoms with Crippen LogP contribution in [-0.4, -0.2) is 24.7 Å². The summed E-state index contributed by atoms with van der Waals surface area (Å²) in [5.41, 5.74) is -1.52. The van der Waals surface area contributed by atoms with E-state index in [1.54, 1.807) is 4.89 Å². The van der Waals surface area contributed by atoms with E-state index in [0.29, 0.717) is 4.57 Å². The Hall–Kier alpha value is -1.45. The van der Waals surface area contributed by atoms with Gasteiger partial charge in [0, 0.05) is 20.3 Å². The Morgan fingerprint density at radius 3 is 2.38 bits per heavy atom. The van der Waals surface area contributed by atoms with E-state index in [4.69, 9.17) is 0 Å². The molecule has 1 heterocycles. The quantitative estimate of drug-likeness (QED) is 0.620. The summed E-state index contributed by atoms with van der Waals surface area (Å²) in [7, 11) is -0.435. The van der Waals surface area contributed by atoms with E-state index in [0.717, 1.165) is 17.9 Å². The van der Waals surface area contributed by atoms with Gasteiger partial charge in [-0.3, -0.25) is 14.2 Å². The van der Waals surface area contributed by atoms with Crippen molar-refractivity contribution in [3.8, 4) is 0 Å². The fourth-order valence-electron chi connectivity index (χ4n) is 1.11. The Bertz CT molecular complexity index is 612. The van der Waals surface area contributed by atoms with Gasteiger partial charge in [0.15, 0.2) is 4.90 Å². The predicted octanol–water partition coefficient (Wildman–Crippen LogP) is -2.08. The molecular weight excluding hydrogens is 238 g/mol. The second kappa shape index (κ2) is 4.20. The molecule has 0 aromatic carbocycles. The van der Waals surface area contributed by atoms with Gasteiger partial charge in [0.2, 0.25) is 0 Å². The molecule has 0 amide bonds. The third kappa shape index (κ3) is 2.05. The molecule has 1 aromatic heterocycles. The van der Waals surface area contributed by atoms with Gasteiger partial charge >= 0.3 is 5.69 Å². The molecule has 0 saturated heterocycles. The van der Waals surface area contributed by atoms with E-state index >= 15 is 0 Å². The van der Waals surface area contributed by atoms with Gasteiger partial charge in [-0.25, -0.2) is 13.2 Å². The van der Waals surface area contributed by atoms with Gasteiger partial charge < -0.3 is 4.57 Å². The number of nitrogens with one attached hydrogen (secondary N) is 1. The summed E-state index contributed by atoms with van der Waals surface area (Å²) >= 11 is 0. The van der Waals surface area contributed by atoms with Crippen LogP contribution >= 0.6 is 0 Å². The molecule has 0 unspecified atom stereocenters. The maximum Gasteiger partial charge on any atom is 0.330 e. The van der Waals surface area contributed by atoms with E-state index in [1.807, 2.05) is 0 Å². The van der Waals surface area contributed by atoms with Crippen molar-refractivity contribution in [2.24, 2.45) is 14.1 Å². The highest BCUT2D eigenvalue weighted by Gasteiger charge is 2.20. The monoisotopic (exact) mass is 249 g/mol. The van der Waals surface area contributed by atoms with Crippen molar-refractivity contribution in [1.29, 1.82) is 0 Å². The predicted molar refractivity (Wildman–Crippen MR) is 54.3 cm³/mol. The first kappa shape index (κ1) is 12.6. The van der Waals surface area contributed by atoms with Gasteiger partial charge in [-0.15, -0.1) is 0 Å². The van der Waals surface area contributed by atoms with Crippen LogP contribution in [0.1, 0.15) is 0 Å². The molecule has 16 heavy (non-hydrogen) atoms. The summed E-state index contributed by atoms with van der Waals surface area (Å²) in [6, 6.07) is 0. The van der Waals surface area contributed by atoms with Crippen LogP contribution in [0, 0.1) is 0 Å².